The molecule has 68 heavy (non-hydrogen) atoms. The molecule has 12 atom stereocenters. The number of aliphatic hydroxyl groups is 2. The first-order chi connectivity index (χ1) is 32.3. The molecule has 1 heterocycles. The number of methoxy groups -OCH3 is 2. The lowest BCUT2D eigenvalue weighted by Gasteiger charge is -2.58. The molecule has 6 rings (SSSR count). The molecular formula is C55H77N3O10. The summed E-state index contributed by atoms with van der Waals surface area (Å²) >= 11 is 0. The lowest BCUT2D eigenvalue weighted by molar-refractivity contribution is -0.120. The fourth-order valence-electron chi connectivity index (χ4n) is 12.7. The first-order valence-electron chi connectivity index (χ1n) is 25.0. The third kappa shape index (κ3) is 11.4. The van der Waals surface area contributed by atoms with Crippen LogP contribution >= 0.6 is 0 Å². The van der Waals surface area contributed by atoms with Crippen molar-refractivity contribution in [1.29, 1.82) is 0 Å². The Morgan fingerprint density at radius 3 is 2.41 bits per heavy atom. The summed E-state index contributed by atoms with van der Waals surface area (Å²) in [4.78, 5) is 65.5. The van der Waals surface area contributed by atoms with Crippen molar-refractivity contribution in [1.82, 2.24) is 10.6 Å². The zero-order valence-corrected chi connectivity index (χ0v) is 41.7. The Hall–Kier alpha value is -4.61. The van der Waals surface area contributed by atoms with Crippen LogP contribution in [0.3, 0.4) is 0 Å². The highest BCUT2D eigenvalue weighted by atomic mass is 16.6. The Labute approximate surface area is 403 Å². The minimum absolute atomic E-state index is 0.103. The van der Waals surface area contributed by atoms with Crippen molar-refractivity contribution in [3.63, 3.8) is 0 Å². The summed E-state index contributed by atoms with van der Waals surface area (Å²) in [5.41, 5.74) is 6.84. The summed E-state index contributed by atoms with van der Waals surface area (Å²) in [6, 6.07) is 0. The topological polar surface area (TPSA) is 204 Å². The van der Waals surface area contributed by atoms with E-state index in [-0.39, 0.29) is 51.5 Å². The number of hydrogen-bond donors (Lipinski definition) is 5. The Kier molecular flexibility index (Phi) is 17.4. The molecule has 372 valence electrons. The summed E-state index contributed by atoms with van der Waals surface area (Å²) in [6.45, 7) is 12.2. The number of carbonyl (C=O) groups excluding carboxylic acids is 5. The number of rotatable bonds is 10. The van der Waals surface area contributed by atoms with Gasteiger partial charge in [-0.3, -0.25) is 19.2 Å². The summed E-state index contributed by atoms with van der Waals surface area (Å²) in [5, 5.41) is 29.5. The molecule has 13 heteroatoms. The predicted octanol–water partition coefficient (Wildman–Crippen LogP) is 7.57. The van der Waals surface area contributed by atoms with E-state index in [1.54, 1.807) is 32.1 Å². The lowest BCUT2D eigenvalue weighted by atomic mass is 9.46. The Morgan fingerprint density at radius 1 is 0.956 bits per heavy atom. The van der Waals surface area contributed by atoms with E-state index in [1.807, 2.05) is 19.9 Å². The SMILES string of the molecule is CO[C@H]1/C=C\C=C(/C)C(=O)NC2=CC(=O)C(NCCCCCCC#C[C@]3(O)CCC4C5CCC6=CC(=O)CC[C@]6(C)C5CC[C@@]43C)=C(C[C@@H](C)C[C@H](OC)[C@H](O)[C@@H](C)/C=C(\C)[C@@H]1OC(N)=O)C2=O. The molecule has 2 bridgehead atoms. The molecule has 0 aromatic carbocycles. The molecule has 1 aliphatic heterocycles. The summed E-state index contributed by atoms with van der Waals surface area (Å²) in [7, 11) is 2.95. The molecule has 0 spiro atoms. The van der Waals surface area contributed by atoms with Gasteiger partial charge >= 0.3 is 6.09 Å². The summed E-state index contributed by atoms with van der Waals surface area (Å²) in [5.74, 6) is 6.46. The number of ketones is 3. The van der Waals surface area contributed by atoms with E-state index in [0.29, 0.717) is 55.6 Å². The number of allylic oxidation sites excluding steroid dienone is 5. The second-order valence-corrected chi connectivity index (χ2v) is 21.1. The van der Waals surface area contributed by atoms with Gasteiger partial charge in [-0.1, -0.05) is 76.3 Å². The predicted molar refractivity (Wildman–Crippen MR) is 260 cm³/mol. The Balaban J connectivity index is 1.07. The standard InChI is InChI=1S/C55H77N3O10/c1-33-28-40-47(57-27-14-12-10-9-11-13-23-55(65)26-22-42-39-19-18-37-31-38(59)20-24-53(37,5)41(39)21-25-54(42,55)6)44(60)32-43(49(40)62)58-51(63)34(2)16-15-17-45(66-7)50(68-52(56)64)36(4)30-35(3)48(61)46(29-33)67-8/h15-17,30-33,35,39,41-42,45-46,48,50,57,61,65H,9-12,14,18-22,24-29H2,1-8H3,(H2,56,64)(H,58,63)/b17-15-,34-16+,36-30+/t33-,35+,39?,41?,42?,45+,46+,48-,50+,53+,54+,55+/m1/s1. The van der Waals surface area contributed by atoms with Gasteiger partial charge < -0.3 is 40.8 Å². The summed E-state index contributed by atoms with van der Waals surface area (Å²) in [6.07, 6.45) is 17.3. The van der Waals surface area contributed by atoms with Crippen LogP contribution in [0.4, 0.5) is 4.79 Å². The highest BCUT2D eigenvalue weighted by molar-refractivity contribution is 6.23. The molecule has 6 N–H and O–H groups in total. The average molecular weight is 940 g/mol. The molecule has 13 nitrogen and oxygen atoms in total. The number of fused-ring (bicyclic) bond motifs is 7. The van der Waals surface area contributed by atoms with E-state index >= 15 is 0 Å². The van der Waals surface area contributed by atoms with Crippen LogP contribution in [0.15, 0.2) is 70.1 Å². The maximum atomic E-state index is 14.2. The van der Waals surface area contributed by atoms with Crippen LogP contribution in [0.2, 0.25) is 0 Å². The number of unbranched alkanes of at least 4 members (excludes halogenated alkanes) is 4. The number of nitrogens with one attached hydrogen (secondary N) is 2. The number of Topliss-reactive ketones (excluding diaryl/α,β-unsaturated/α-hetero) is 1. The number of hydrogen-bond acceptors (Lipinski definition) is 11. The van der Waals surface area contributed by atoms with E-state index in [4.69, 9.17) is 19.9 Å². The third-order valence-corrected chi connectivity index (χ3v) is 16.7. The van der Waals surface area contributed by atoms with Gasteiger partial charge in [-0.05, 0) is 125 Å². The summed E-state index contributed by atoms with van der Waals surface area (Å²) < 4.78 is 16.9. The highest BCUT2D eigenvalue weighted by Crippen LogP contribution is 2.67. The Bertz CT molecular complexity index is 2210. The van der Waals surface area contributed by atoms with Crippen LogP contribution in [0.5, 0.6) is 0 Å². The fourth-order valence-corrected chi connectivity index (χ4v) is 12.7. The monoisotopic (exact) mass is 940 g/mol. The highest BCUT2D eigenvalue weighted by Gasteiger charge is 2.63. The molecule has 0 aromatic heterocycles. The molecule has 3 saturated carbocycles. The molecule has 3 fully saturated rings. The van der Waals surface area contributed by atoms with Crippen LogP contribution in [0.1, 0.15) is 138 Å². The quantitative estimate of drug-likeness (QED) is 0.0626. The van der Waals surface area contributed by atoms with Gasteiger partial charge in [0, 0.05) is 62.2 Å². The zero-order valence-electron chi connectivity index (χ0n) is 41.7. The lowest BCUT2D eigenvalue weighted by Crippen LogP contribution is -2.54. The molecule has 0 aromatic rings. The second kappa shape index (κ2) is 22.4. The molecule has 3 unspecified atom stereocenters. The maximum absolute atomic E-state index is 14.2. The number of aliphatic hydroxyl groups excluding tert-OH is 1. The van der Waals surface area contributed by atoms with E-state index in [9.17, 15) is 34.2 Å². The second-order valence-electron chi connectivity index (χ2n) is 21.1. The third-order valence-electron chi connectivity index (χ3n) is 16.7. The number of nitrogens with two attached hydrogens (primary N) is 1. The van der Waals surface area contributed by atoms with Crippen molar-refractivity contribution >= 4 is 29.4 Å². The first-order valence-corrected chi connectivity index (χ1v) is 25.0. The molecule has 0 saturated heterocycles. The number of carbonyl (C=O) groups is 5. The van der Waals surface area contributed by atoms with Crippen LogP contribution in [-0.4, -0.2) is 90.3 Å². The molecule has 6 aliphatic rings. The molecule has 5 aliphatic carbocycles. The van der Waals surface area contributed by atoms with Crippen LogP contribution < -0.4 is 16.4 Å². The number of ether oxygens (including phenoxy) is 3. The van der Waals surface area contributed by atoms with Gasteiger partial charge in [0.1, 0.15) is 11.7 Å². The van der Waals surface area contributed by atoms with E-state index in [0.717, 1.165) is 64.2 Å². The normalized spacial score (nSPS) is 37.9. The van der Waals surface area contributed by atoms with E-state index < -0.39 is 59.5 Å². The first kappa shape index (κ1) is 52.8. The van der Waals surface area contributed by atoms with Crippen molar-refractivity contribution in [2.45, 2.75) is 168 Å². The maximum Gasteiger partial charge on any atom is 0.405 e. The number of primary amides is 1. The van der Waals surface area contributed by atoms with Gasteiger partial charge in [-0.15, -0.1) is 5.92 Å². The molecule has 0 radical (unpaired) electrons. The Morgan fingerprint density at radius 2 is 1.69 bits per heavy atom. The van der Waals surface area contributed by atoms with Gasteiger partial charge in [-0.25, -0.2) is 4.79 Å². The average Bonchev–Trinajstić information content (AvgIpc) is 3.56. The van der Waals surface area contributed by atoms with Gasteiger partial charge in [0.15, 0.2) is 11.9 Å². The van der Waals surface area contributed by atoms with Crippen molar-refractivity contribution in [3.8, 4) is 11.8 Å². The smallest absolute Gasteiger partial charge is 0.405 e. The van der Waals surface area contributed by atoms with Gasteiger partial charge in [0.2, 0.25) is 11.6 Å². The fraction of sp³-hybridized carbons (Fsp3) is 0.655. The zero-order chi connectivity index (χ0) is 49.6. The van der Waals surface area contributed by atoms with Crippen molar-refractivity contribution in [3.05, 3.63) is 70.1 Å². The molecule has 2 amide bonds. The van der Waals surface area contributed by atoms with Crippen LogP contribution in [0, 0.1) is 52.3 Å². The van der Waals surface area contributed by atoms with Gasteiger partial charge in [-0.2, -0.15) is 0 Å². The van der Waals surface area contributed by atoms with Gasteiger partial charge in [0.05, 0.1) is 23.6 Å². The minimum Gasteiger partial charge on any atom is -0.439 e. The van der Waals surface area contributed by atoms with Crippen LogP contribution in [-0.2, 0) is 33.4 Å². The van der Waals surface area contributed by atoms with Crippen molar-refractivity contribution in [2.75, 3.05) is 20.8 Å². The minimum atomic E-state index is -1.00. The number of amides is 2. The van der Waals surface area contributed by atoms with E-state index in [1.165, 1.54) is 31.9 Å². The van der Waals surface area contributed by atoms with Crippen molar-refractivity contribution in [2.24, 2.45) is 46.2 Å². The van der Waals surface area contributed by atoms with Crippen LogP contribution in [0.25, 0.3) is 0 Å². The van der Waals surface area contributed by atoms with E-state index in [2.05, 4.69) is 36.3 Å². The van der Waals surface area contributed by atoms with Crippen molar-refractivity contribution < 1.29 is 48.4 Å². The van der Waals surface area contributed by atoms with Gasteiger partial charge in [0.25, 0.3) is 5.91 Å². The molecular weight excluding hydrogens is 863 g/mol. The largest absolute Gasteiger partial charge is 0.439 e.